The summed E-state index contributed by atoms with van der Waals surface area (Å²) in [6.07, 6.45) is 5.61. The molecule has 1 aromatic heterocycles. The van der Waals surface area contributed by atoms with Gasteiger partial charge in [-0.2, -0.15) is 0 Å². The van der Waals surface area contributed by atoms with E-state index in [-0.39, 0.29) is 15.5 Å². The minimum Gasteiger partial charge on any atom is -0.744 e. The molecule has 7 nitrogen and oxygen atoms in total. The quantitative estimate of drug-likeness (QED) is 0.205. The van der Waals surface area contributed by atoms with Crippen molar-refractivity contribution in [1.82, 2.24) is 0 Å². The van der Waals surface area contributed by atoms with Crippen molar-refractivity contribution in [3.8, 4) is 0 Å². The second-order valence-electron chi connectivity index (χ2n) is 6.15. The molecule has 158 valence electrons. The van der Waals surface area contributed by atoms with E-state index in [0.29, 0.717) is 6.54 Å². The first kappa shape index (κ1) is 24.7. The number of pyridine rings is 1. The molecule has 8 heteroatoms. The van der Waals surface area contributed by atoms with Gasteiger partial charge in [0.2, 0.25) is 0 Å². The summed E-state index contributed by atoms with van der Waals surface area (Å²) in [5.41, 5.74) is 1.98. The summed E-state index contributed by atoms with van der Waals surface area (Å²) >= 11 is 0. The van der Waals surface area contributed by atoms with Crippen LogP contribution in [0.4, 0.5) is 5.69 Å². The van der Waals surface area contributed by atoms with Crippen molar-refractivity contribution in [2.45, 2.75) is 25.3 Å². The van der Waals surface area contributed by atoms with Crippen LogP contribution in [0, 0.1) is 17.0 Å². The molecule has 0 unspecified atom stereocenters. The van der Waals surface area contributed by atoms with Crippen molar-refractivity contribution in [1.29, 1.82) is 0 Å². The van der Waals surface area contributed by atoms with E-state index in [9.17, 15) is 23.1 Å². The van der Waals surface area contributed by atoms with Crippen LogP contribution >= 0.6 is 0 Å². The van der Waals surface area contributed by atoms with Crippen LogP contribution < -0.4 is 4.57 Å². The number of nitrogens with zero attached hydrogens (tertiary/aromatic N) is 2. The minimum absolute atomic E-state index is 0.133. The Balaban J connectivity index is 0.000000280. The largest absolute Gasteiger partial charge is 0.744 e. The average molecular weight is 429 g/mol. The van der Waals surface area contributed by atoms with Crippen molar-refractivity contribution in [3.63, 3.8) is 0 Å². The molecular formula is C22H24N2O5S. The summed E-state index contributed by atoms with van der Waals surface area (Å²) in [7, 11) is -4.27. The van der Waals surface area contributed by atoms with Crippen LogP contribution in [0.1, 0.15) is 18.1 Å². The summed E-state index contributed by atoms with van der Waals surface area (Å²) in [6.45, 7) is 7.71. The van der Waals surface area contributed by atoms with E-state index in [1.165, 1.54) is 18.2 Å². The Kier molecular flexibility index (Phi) is 10.1. The summed E-state index contributed by atoms with van der Waals surface area (Å²) in [5.74, 6) is 0. The van der Waals surface area contributed by atoms with Gasteiger partial charge in [0, 0.05) is 29.8 Å². The molecule has 2 aromatic carbocycles. The van der Waals surface area contributed by atoms with E-state index < -0.39 is 10.1 Å². The second-order valence-corrected chi connectivity index (χ2v) is 7.53. The van der Waals surface area contributed by atoms with Crippen molar-refractivity contribution < 1.29 is 22.5 Å². The Labute approximate surface area is 176 Å². The molecular weight excluding hydrogens is 404 g/mol. The standard InChI is InChI=1S/C12H11N2O2.C7H8O3S.C3H6/c15-14(16)12-6-4-5-11(9-12)10-13-7-2-1-3-8-13;1-6-2-4-7(5-3-6)11(8,9)10;1-3-2/h1-9H,10H2;2-5H,1H3,(H,8,9,10);3H,1H2,2H3/q+1;;/p-1. The number of rotatable bonds is 4. The lowest BCUT2D eigenvalue weighted by atomic mass is 10.2. The van der Waals surface area contributed by atoms with Crippen molar-refractivity contribution >= 4 is 15.8 Å². The molecule has 1 heterocycles. The van der Waals surface area contributed by atoms with E-state index in [0.717, 1.165) is 11.1 Å². The number of aryl methyl sites for hydroxylation is 1. The maximum Gasteiger partial charge on any atom is 0.269 e. The Hall–Kier alpha value is -3.36. The Morgan fingerprint density at radius 3 is 2.10 bits per heavy atom. The molecule has 0 saturated carbocycles. The lowest BCUT2D eigenvalue weighted by molar-refractivity contribution is -0.688. The molecule has 30 heavy (non-hydrogen) atoms. The summed E-state index contributed by atoms with van der Waals surface area (Å²) in [6, 6.07) is 18.3. The van der Waals surface area contributed by atoms with Crippen LogP contribution in [0.3, 0.4) is 0 Å². The first-order valence-corrected chi connectivity index (χ1v) is 10.3. The van der Waals surface area contributed by atoms with E-state index in [1.54, 1.807) is 30.3 Å². The number of nitro benzene ring substituents is 1. The van der Waals surface area contributed by atoms with Crippen molar-refractivity contribution in [2.75, 3.05) is 0 Å². The van der Waals surface area contributed by atoms with E-state index in [2.05, 4.69) is 6.58 Å². The molecule has 0 aliphatic carbocycles. The highest BCUT2D eigenvalue weighted by Gasteiger charge is 2.08. The summed E-state index contributed by atoms with van der Waals surface area (Å²) in [5, 5.41) is 10.6. The van der Waals surface area contributed by atoms with Gasteiger partial charge in [-0.1, -0.05) is 42.0 Å². The molecule has 0 saturated heterocycles. The monoisotopic (exact) mass is 428 g/mol. The van der Waals surface area contributed by atoms with Gasteiger partial charge in [0.05, 0.1) is 9.82 Å². The van der Waals surface area contributed by atoms with Crippen LogP contribution in [0.15, 0.2) is 96.7 Å². The van der Waals surface area contributed by atoms with E-state index in [4.69, 9.17) is 0 Å². The molecule has 0 aliphatic rings. The van der Waals surface area contributed by atoms with Crippen LogP contribution in [0.5, 0.6) is 0 Å². The number of benzene rings is 2. The van der Waals surface area contributed by atoms with Gasteiger partial charge < -0.3 is 4.55 Å². The highest BCUT2D eigenvalue weighted by atomic mass is 32.2. The highest BCUT2D eigenvalue weighted by molar-refractivity contribution is 7.85. The van der Waals surface area contributed by atoms with Gasteiger partial charge in [0.25, 0.3) is 5.69 Å². The molecule has 0 bridgehead atoms. The molecule has 3 rings (SSSR count). The number of hydrogen-bond donors (Lipinski definition) is 0. The van der Waals surface area contributed by atoms with Gasteiger partial charge in [0.1, 0.15) is 10.1 Å². The number of non-ortho nitro benzene ring substituents is 1. The molecule has 0 aliphatic heterocycles. The van der Waals surface area contributed by atoms with Gasteiger partial charge in [-0.3, -0.25) is 10.1 Å². The van der Waals surface area contributed by atoms with Crippen molar-refractivity contribution in [3.05, 3.63) is 113 Å². The third-order valence-corrected chi connectivity index (χ3v) is 4.42. The average Bonchev–Trinajstić information content (AvgIpc) is 2.70. The van der Waals surface area contributed by atoms with Crippen LogP contribution in [0.25, 0.3) is 0 Å². The zero-order valence-electron chi connectivity index (χ0n) is 16.8. The third kappa shape index (κ3) is 9.22. The van der Waals surface area contributed by atoms with Gasteiger partial charge in [-0.15, -0.1) is 6.58 Å². The fourth-order valence-corrected chi connectivity index (χ4v) is 2.69. The predicted molar refractivity (Wildman–Crippen MR) is 114 cm³/mol. The van der Waals surface area contributed by atoms with Gasteiger partial charge in [0.15, 0.2) is 18.9 Å². The minimum atomic E-state index is -4.27. The summed E-state index contributed by atoms with van der Waals surface area (Å²) in [4.78, 5) is 10.1. The Morgan fingerprint density at radius 1 is 1.03 bits per heavy atom. The zero-order chi connectivity index (χ0) is 22.6. The van der Waals surface area contributed by atoms with Gasteiger partial charge >= 0.3 is 0 Å². The normalized spacial score (nSPS) is 9.97. The van der Waals surface area contributed by atoms with E-state index in [1.807, 2.05) is 55.1 Å². The van der Waals surface area contributed by atoms with E-state index >= 15 is 0 Å². The number of hydrogen-bond acceptors (Lipinski definition) is 5. The van der Waals surface area contributed by atoms with Gasteiger partial charge in [-0.05, 0) is 26.0 Å². The zero-order valence-corrected chi connectivity index (χ0v) is 17.7. The molecule has 0 radical (unpaired) electrons. The smallest absolute Gasteiger partial charge is 0.269 e. The van der Waals surface area contributed by atoms with Crippen LogP contribution in [-0.4, -0.2) is 17.9 Å². The second kappa shape index (κ2) is 12.3. The lowest BCUT2D eigenvalue weighted by Gasteiger charge is -2.05. The molecule has 0 atom stereocenters. The lowest BCUT2D eigenvalue weighted by Crippen LogP contribution is -2.32. The summed E-state index contributed by atoms with van der Waals surface area (Å²) < 4.78 is 33.1. The highest BCUT2D eigenvalue weighted by Crippen LogP contribution is 2.12. The number of allylic oxidation sites excluding steroid dienone is 1. The molecule has 0 amide bonds. The fraction of sp³-hybridized carbons (Fsp3) is 0.136. The maximum atomic E-state index is 10.6. The fourth-order valence-electron chi connectivity index (χ4n) is 2.22. The van der Waals surface area contributed by atoms with Crippen LogP contribution in [0.2, 0.25) is 0 Å². The number of nitro groups is 1. The molecule has 0 fully saturated rings. The van der Waals surface area contributed by atoms with Gasteiger partial charge in [-0.25, -0.2) is 13.0 Å². The number of aromatic nitrogens is 1. The Bertz CT molecular complexity index is 1050. The van der Waals surface area contributed by atoms with Crippen LogP contribution in [-0.2, 0) is 16.7 Å². The molecule has 0 spiro atoms. The predicted octanol–water partition coefficient (Wildman–Crippen LogP) is 4.02. The topological polar surface area (TPSA) is 104 Å². The first-order chi connectivity index (χ1) is 14.2. The molecule has 3 aromatic rings. The first-order valence-electron chi connectivity index (χ1n) is 8.94. The third-order valence-electron chi connectivity index (χ3n) is 3.57. The Morgan fingerprint density at radius 2 is 1.60 bits per heavy atom. The molecule has 0 N–H and O–H groups in total. The SMILES string of the molecule is C=CC.Cc1ccc(S(=O)(=O)[O-])cc1.O=[N+]([O-])c1cccc(C[n+]2ccccc2)c1. The van der Waals surface area contributed by atoms with Crippen molar-refractivity contribution in [2.24, 2.45) is 0 Å². The maximum absolute atomic E-state index is 10.6.